The van der Waals surface area contributed by atoms with Crippen molar-refractivity contribution < 1.29 is 27.1 Å². The molecule has 3 unspecified atom stereocenters. The van der Waals surface area contributed by atoms with Crippen molar-refractivity contribution in [1.82, 2.24) is 13.7 Å². The van der Waals surface area contributed by atoms with Crippen LogP contribution in [-0.4, -0.2) is 27.1 Å². The van der Waals surface area contributed by atoms with Crippen LogP contribution in [-0.2, 0) is 29.1 Å². The van der Waals surface area contributed by atoms with E-state index >= 15 is 0 Å². The third kappa shape index (κ3) is 3.74. The monoisotopic (exact) mass is 529 g/mol. The summed E-state index contributed by atoms with van der Waals surface area (Å²) in [5.41, 5.74) is -0.601. The molecule has 12 heteroatoms. The number of benzene rings is 2. The number of rotatable bonds is 4. The maximum atomic E-state index is 13.9. The first kappa shape index (κ1) is 24.4. The summed E-state index contributed by atoms with van der Waals surface area (Å²) in [6.45, 7) is 0. The van der Waals surface area contributed by atoms with Gasteiger partial charge in [0.25, 0.3) is 5.56 Å². The minimum absolute atomic E-state index is 0.0874. The predicted molar refractivity (Wildman–Crippen MR) is 128 cm³/mol. The number of aromatic nitrogens is 3. The molecule has 0 saturated carbocycles. The van der Waals surface area contributed by atoms with Crippen molar-refractivity contribution >= 4 is 11.1 Å². The van der Waals surface area contributed by atoms with Crippen molar-refractivity contribution in [2.45, 2.75) is 43.9 Å². The largest absolute Gasteiger partial charge is 0.419 e. The number of oxazole rings is 1. The maximum Gasteiger partial charge on any atom is 0.419 e. The van der Waals surface area contributed by atoms with Gasteiger partial charge in [-0.15, -0.1) is 0 Å². The van der Waals surface area contributed by atoms with Gasteiger partial charge in [0.15, 0.2) is 11.9 Å². The average molecular weight is 529 g/mol. The summed E-state index contributed by atoms with van der Waals surface area (Å²) in [6, 6.07) is 7.63. The van der Waals surface area contributed by atoms with Gasteiger partial charge in [-0.25, -0.2) is 9.59 Å². The van der Waals surface area contributed by atoms with E-state index in [-0.39, 0.29) is 23.1 Å². The Bertz CT molecular complexity index is 1760. The van der Waals surface area contributed by atoms with E-state index in [0.717, 1.165) is 10.6 Å². The molecule has 1 fully saturated rings. The molecule has 6 rings (SSSR count). The quantitative estimate of drug-likeness (QED) is 0.376. The van der Waals surface area contributed by atoms with Crippen LogP contribution < -0.4 is 17.0 Å². The number of nitrogens with zero attached hydrogens (tertiary/aromatic N) is 3. The van der Waals surface area contributed by atoms with Gasteiger partial charge < -0.3 is 13.9 Å². The fourth-order valence-corrected chi connectivity index (χ4v) is 5.37. The third-order valence-electron chi connectivity index (χ3n) is 7.28. The molecule has 3 heterocycles. The highest BCUT2D eigenvalue weighted by Crippen LogP contribution is 2.41. The zero-order valence-corrected chi connectivity index (χ0v) is 20.3. The molecule has 2 aromatic carbocycles. The van der Waals surface area contributed by atoms with Gasteiger partial charge in [0.1, 0.15) is 6.10 Å². The zero-order chi connectivity index (χ0) is 26.9. The Kier molecular flexibility index (Phi) is 5.51. The van der Waals surface area contributed by atoms with Crippen LogP contribution in [0, 0.1) is 0 Å². The Morgan fingerprint density at radius 2 is 1.87 bits per heavy atom. The van der Waals surface area contributed by atoms with Crippen molar-refractivity contribution in [3.8, 4) is 5.69 Å². The maximum absolute atomic E-state index is 13.9. The van der Waals surface area contributed by atoms with Crippen LogP contribution in [0.5, 0.6) is 0 Å². The van der Waals surface area contributed by atoms with Crippen molar-refractivity contribution in [3.05, 3.63) is 96.2 Å². The number of hydrogen-bond acceptors (Lipinski definition) is 6. The molecule has 198 valence electrons. The zero-order valence-electron chi connectivity index (χ0n) is 20.3. The minimum Gasteiger partial charge on any atom is -0.408 e. The van der Waals surface area contributed by atoms with Crippen molar-refractivity contribution in [2.75, 3.05) is 7.11 Å². The Labute approximate surface area is 212 Å². The second-order valence-corrected chi connectivity index (χ2v) is 9.43. The van der Waals surface area contributed by atoms with E-state index in [0.29, 0.717) is 29.6 Å². The molecule has 4 aromatic rings. The lowest BCUT2D eigenvalue weighted by molar-refractivity contribution is -0.138. The van der Waals surface area contributed by atoms with E-state index in [1.807, 2.05) is 0 Å². The van der Waals surface area contributed by atoms with E-state index in [1.165, 1.54) is 40.6 Å². The summed E-state index contributed by atoms with van der Waals surface area (Å²) in [5.74, 6) is -0.580. The molecule has 0 bridgehead atoms. The molecule has 9 nitrogen and oxygen atoms in total. The smallest absolute Gasteiger partial charge is 0.408 e. The first-order valence-electron chi connectivity index (χ1n) is 12.0. The Morgan fingerprint density at radius 3 is 2.58 bits per heavy atom. The van der Waals surface area contributed by atoms with Gasteiger partial charge in [-0.05, 0) is 48.6 Å². The predicted octanol–water partition coefficient (Wildman–Crippen LogP) is 3.43. The van der Waals surface area contributed by atoms with Crippen LogP contribution >= 0.6 is 0 Å². The molecular formula is C26H22F3N3O6. The van der Waals surface area contributed by atoms with Crippen molar-refractivity contribution in [2.24, 2.45) is 7.05 Å². The summed E-state index contributed by atoms with van der Waals surface area (Å²) >= 11 is 0. The lowest BCUT2D eigenvalue weighted by Crippen LogP contribution is -2.44. The van der Waals surface area contributed by atoms with Crippen LogP contribution in [0.3, 0.4) is 0 Å². The number of methoxy groups -OCH3 is 1. The van der Waals surface area contributed by atoms with Crippen LogP contribution in [0.2, 0.25) is 0 Å². The van der Waals surface area contributed by atoms with Crippen molar-refractivity contribution in [1.29, 1.82) is 0 Å². The second-order valence-electron chi connectivity index (χ2n) is 9.43. The number of alkyl halides is 3. The number of aryl methyl sites for hydroxylation is 1. The highest BCUT2D eigenvalue weighted by atomic mass is 19.4. The SMILES string of the molecule is COC1OC1c1cn(-c2ccc3c(c2)oc(=O)n3C)c(=O)n(C2CCCc3c2cccc3C(F)(F)F)c1=O. The Balaban J connectivity index is 1.59. The molecule has 0 amide bonds. The first-order chi connectivity index (χ1) is 18.1. The summed E-state index contributed by atoms with van der Waals surface area (Å²) in [6.07, 6.45) is -3.79. The summed E-state index contributed by atoms with van der Waals surface area (Å²) in [4.78, 5) is 39.5. The second kappa shape index (κ2) is 8.57. The first-order valence-corrected chi connectivity index (χ1v) is 12.0. The number of epoxide rings is 1. The van der Waals surface area contributed by atoms with Gasteiger partial charge in [0.2, 0.25) is 0 Å². The third-order valence-corrected chi connectivity index (χ3v) is 7.28. The van der Waals surface area contributed by atoms with Gasteiger partial charge in [-0.1, -0.05) is 12.1 Å². The van der Waals surface area contributed by atoms with E-state index in [1.54, 1.807) is 19.2 Å². The summed E-state index contributed by atoms with van der Waals surface area (Å²) in [7, 11) is 2.96. The average Bonchev–Trinajstić information content (AvgIpc) is 3.61. The highest BCUT2D eigenvalue weighted by molar-refractivity contribution is 5.75. The molecule has 38 heavy (non-hydrogen) atoms. The topological polar surface area (TPSA) is 101 Å². The molecule has 2 aliphatic rings. The van der Waals surface area contributed by atoms with Gasteiger partial charge in [-0.2, -0.15) is 13.2 Å². The summed E-state index contributed by atoms with van der Waals surface area (Å²) < 4.78 is 60.8. The number of ether oxygens (including phenoxy) is 2. The fraction of sp³-hybridized carbons (Fsp3) is 0.346. The highest BCUT2D eigenvalue weighted by Gasteiger charge is 2.44. The van der Waals surface area contributed by atoms with Crippen LogP contribution in [0.4, 0.5) is 13.2 Å². The molecule has 3 atom stereocenters. The normalized spacial score (nSPS) is 21.0. The lowest BCUT2D eigenvalue weighted by atomic mass is 9.84. The van der Waals surface area contributed by atoms with Gasteiger partial charge in [0, 0.05) is 26.4 Å². The molecule has 1 aliphatic heterocycles. The molecule has 1 saturated heterocycles. The molecule has 0 spiro atoms. The number of halogens is 3. The van der Waals surface area contributed by atoms with Crippen LogP contribution in [0.1, 0.15) is 47.2 Å². The molecule has 1 aliphatic carbocycles. The molecule has 2 aromatic heterocycles. The van der Waals surface area contributed by atoms with E-state index in [4.69, 9.17) is 13.9 Å². The molecular weight excluding hydrogens is 507 g/mol. The van der Waals surface area contributed by atoms with Gasteiger partial charge >= 0.3 is 17.6 Å². The number of hydrogen-bond donors (Lipinski definition) is 0. The van der Waals surface area contributed by atoms with E-state index in [2.05, 4.69) is 0 Å². The van der Waals surface area contributed by atoms with E-state index in [9.17, 15) is 27.6 Å². The molecule has 0 N–H and O–H groups in total. The van der Waals surface area contributed by atoms with Crippen molar-refractivity contribution in [3.63, 3.8) is 0 Å². The lowest BCUT2D eigenvalue weighted by Gasteiger charge is -2.29. The van der Waals surface area contributed by atoms with Crippen LogP contribution in [0.25, 0.3) is 16.8 Å². The number of fused-ring (bicyclic) bond motifs is 2. The standard InChI is InChI=1S/C26H22F3N3O6/c1-30-19-10-9-13(11-20(19)37-25(30)35)31-12-16(21-23(36-2)38-21)22(33)32(24(31)34)18-8-4-5-14-15(18)6-3-7-17(14)26(27,28)29/h3,6-7,9-12,18,21,23H,4-5,8H2,1-2H3. The van der Waals surface area contributed by atoms with Crippen LogP contribution in [0.15, 0.2) is 61.4 Å². The summed E-state index contributed by atoms with van der Waals surface area (Å²) in [5, 5.41) is 0. The van der Waals surface area contributed by atoms with E-state index < -0.39 is 47.2 Å². The van der Waals surface area contributed by atoms with Gasteiger partial charge in [-0.3, -0.25) is 18.5 Å². The Morgan fingerprint density at radius 1 is 1.08 bits per heavy atom. The van der Waals surface area contributed by atoms with Gasteiger partial charge in [0.05, 0.1) is 28.4 Å². The Hall–Kier alpha value is -3.90. The molecule has 0 radical (unpaired) electrons. The minimum atomic E-state index is -4.57. The fourth-order valence-electron chi connectivity index (χ4n) is 5.37.